The van der Waals surface area contributed by atoms with Crippen LogP contribution in [0.15, 0.2) is 46.9 Å². The zero-order valence-corrected chi connectivity index (χ0v) is 14.8. The smallest absolute Gasteiger partial charge is 0.278 e. The molecule has 0 saturated carbocycles. The van der Waals surface area contributed by atoms with Crippen molar-refractivity contribution in [1.82, 2.24) is 15.0 Å². The molecule has 3 rings (SSSR count). The van der Waals surface area contributed by atoms with Crippen LogP contribution in [0.1, 0.15) is 16.2 Å². The Morgan fingerprint density at radius 3 is 2.75 bits per heavy atom. The monoisotopic (exact) mass is 408 g/mol. The lowest BCUT2D eigenvalue weighted by atomic mass is 10.3. The van der Waals surface area contributed by atoms with E-state index >= 15 is 0 Å². The van der Waals surface area contributed by atoms with Crippen LogP contribution < -0.4 is 5.32 Å². The van der Waals surface area contributed by atoms with E-state index in [4.69, 9.17) is 11.6 Å². The lowest BCUT2D eigenvalue weighted by Gasteiger charge is -2.06. The van der Waals surface area contributed by atoms with Gasteiger partial charge in [-0.15, -0.1) is 5.10 Å². The second-order valence-electron chi connectivity index (χ2n) is 4.98. The highest BCUT2D eigenvalue weighted by molar-refractivity contribution is 9.10. The van der Waals surface area contributed by atoms with Crippen molar-refractivity contribution in [3.8, 4) is 5.69 Å². The fourth-order valence-corrected chi connectivity index (χ4v) is 2.71. The van der Waals surface area contributed by atoms with E-state index in [1.165, 1.54) is 23.0 Å². The molecule has 1 aromatic heterocycles. The molecule has 0 spiro atoms. The molecule has 5 nitrogen and oxygen atoms in total. The minimum Gasteiger partial charge on any atom is -0.319 e. The molecule has 1 amide bonds. The molecule has 0 aliphatic carbocycles. The molecule has 24 heavy (non-hydrogen) atoms. The van der Waals surface area contributed by atoms with Crippen LogP contribution in [-0.4, -0.2) is 20.9 Å². The topological polar surface area (TPSA) is 59.8 Å². The van der Waals surface area contributed by atoms with Gasteiger partial charge in [0.25, 0.3) is 5.91 Å². The van der Waals surface area contributed by atoms with Crippen molar-refractivity contribution in [3.05, 3.63) is 69.2 Å². The first-order valence-electron chi connectivity index (χ1n) is 6.90. The zero-order valence-electron chi connectivity index (χ0n) is 12.4. The van der Waals surface area contributed by atoms with Crippen LogP contribution in [0.2, 0.25) is 5.02 Å². The van der Waals surface area contributed by atoms with E-state index in [0.29, 0.717) is 26.6 Å². The second-order valence-corrected chi connectivity index (χ2v) is 6.27. The van der Waals surface area contributed by atoms with E-state index in [1.807, 2.05) is 0 Å². The van der Waals surface area contributed by atoms with Crippen molar-refractivity contribution >= 4 is 39.1 Å². The maximum absolute atomic E-state index is 13.1. The highest BCUT2D eigenvalue weighted by Crippen LogP contribution is 2.24. The molecule has 2 aromatic carbocycles. The van der Waals surface area contributed by atoms with E-state index < -0.39 is 11.7 Å². The number of aryl methyl sites for hydroxylation is 1. The first kappa shape index (κ1) is 16.6. The lowest BCUT2D eigenvalue weighted by molar-refractivity contribution is 0.102. The van der Waals surface area contributed by atoms with Crippen LogP contribution in [0.3, 0.4) is 0 Å². The molecule has 0 aliphatic heterocycles. The minimum atomic E-state index is -0.437. The van der Waals surface area contributed by atoms with Crippen LogP contribution in [0, 0.1) is 12.7 Å². The molecule has 0 unspecified atom stereocenters. The quantitative estimate of drug-likeness (QED) is 0.698. The number of rotatable bonds is 3. The van der Waals surface area contributed by atoms with Gasteiger partial charge in [-0.1, -0.05) is 17.7 Å². The van der Waals surface area contributed by atoms with Gasteiger partial charge in [0.1, 0.15) is 5.82 Å². The SMILES string of the molecule is Cc1nn(-c2cccc(Cl)c2)nc1C(=O)Nc1ccc(F)cc1Br. The Morgan fingerprint density at radius 1 is 1.25 bits per heavy atom. The predicted molar refractivity (Wildman–Crippen MR) is 93.2 cm³/mol. The van der Waals surface area contributed by atoms with E-state index in [9.17, 15) is 9.18 Å². The Kier molecular flexibility index (Phi) is 4.64. The van der Waals surface area contributed by atoms with E-state index in [2.05, 4.69) is 31.4 Å². The summed E-state index contributed by atoms with van der Waals surface area (Å²) in [5, 5.41) is 11.7. The highest BCUT2D eigenvalue weighted by atomic mass is 79.9. The van der Waals surface area contributed by atoms with Gasteiger partial charge in [-0.05, 0) is 59.3 Å². The number of carbonyl (C=O) groups excluding carboxylic acids is 1. The van der Waals surface area contributed by atoms with Crippen molar-refractivity contribution < 1.29 is 9.18 Å². The molecule has 0 aliphatic rings. The third kappa shape index (κ3) is 3.47. The van der Waals surface area contributed by atoms with Gasteiger partial charge < -0.3 is 5.32 Å². The van der Waals surface area contributed by atoms with Gasteiger partial charge in [0.15, 0.2) is 5.69 Å². The van der Waals surface area contributed by atoms with E-state index in [1.54, 1.807) is 31.2 Å². The lowest BCUT2D eigenvalue weighted by Crippen LogP contribution is -2.14. The van der Waals surface area contributed by atoms with Crippen molar-refractivity contribution in [1.29, 1.82) is 0 Å². The van der Waals surface area contributed by atoms with Crippen molar-refractivity contribution in [2.24, 2.45) is 0 Å². The molecule has 122 valence electrons. The molecule has 3 aromatic rings. The Hall–Kier alpha value is -2.25. The molecule has 8 heteroatoms. The summed E-state index contributed by atoms with van der Waals surface area (Å²) in [6.07, 6.45) is 0. The van der Waals surface area contributed by atoms with E-state index in [0.717, 1.165) is 0 Å². The molecule has 1 heterocycles. The van der Waals surface area contributed by atoms with Crippen molar-refractivity contribution in [2.75, 3.05) is 5.32 Å². The summed E-state index contributed by atoms with van der Waals surface area (Å²) in [4.78, 5) is 13.8. The number of hydrogen-bond acceptors (Lipinski definition) is 3. The van der Waals surface area contributed by atoms with Crippen molar-refractivity contribution in [3.63, 3.8) is 0 Å². The summed E-state index contributed by atoms with van der Waals surface area (Å²) >= 11 is 9.16. The molecular formula is C16H11BrClFN4O. The summed E-state index contributed by atoms with van der Waals surface area (Å²) in [5.74, 6) is -0.837. The summed E-state index contributed by atoms with van der Waals surface area (Å²) < 4.78 is 13.6. The van der Waals surface area contributed by atoms with Crippen LogP contribution in [0.25, 0.3) is 5.69 Å². The first-order valence-corrected chi connectivity index (χ1v) is 8.07. The molecule has 0 atom stereocenters. The molecule has 1 N–H and O–H groups in total. The third-order valence-electron chi connectivity index (χ3n) is 3.22. The van der Waals surface area contributed by atoms with Gasteiger partial charge in [-0.2, -0.15) is 9.90 Å². The summed E-state index contributed by atoms with van der Waals surface area (Å²) in [6.45, 7) is 1.68. The van der Waals surface area contributed by atoms with Gasteiger partial charge in [0.2, 0.25) is 0 Å². The number of halogens is 3. The number of benzene rings is 2. The molecular weight excluding hydrogens is 399 g/mol. The number of hydrogen-bond donors (Lipinski definition) is 1. The molecule has 0 fully saturated rings. The van der Waals surface area contributed by atoms with Gasteiger partial charge >= 0.3 is 0 Å². The summed E-state index contributed by atoms with van der Waals surface area (Å²) in [5.41, 5.74) is 1.72. The summed E-state index contributed by atoms with van der Waals surface area (Å²) in [7, 11) is 0. The fourth-order valence-electron chi connectivity index (χ4n) is 2.08. The van der Waals surface area contributed by atoms with Gasteiger partial charge in [0.05, 0.1) is 17.1 Å². The fraction of sp³-hybridized carbons (Fsp3) is 0.0625. The number of aromatic nitrogens is 3. The third-order valence-corrected chi connectivity index (χ3v) is 4.11. The maximum Gasteiger partial charge on any atom is 0.278 e. The van der Waals surface area contributed by atoms with Crippen LogP contribution in [0.5, 0.6) is 0 Å². The predicted octanol–water partition coefficient (Wildman–Crippen LogP) is 4.38. The van der Waals surface area contributed by atoms with Gasteiger partial charge in [0, 0.05) is 9.50 Å². The average molecular weight is 410 g/mol. The Morgan fingerprint density at radius 2 is 2.04 bits per heavy atom. The van der Waals surface area contributed by atoms with Crippen LogP contribution >= 0.6 is 27.5 Å². The number of amides is 1. The zero-order chi connectivity index (χ0) is 17.3. The largest absolute Gasteiger partial charge is 0.319 e. The molecule has 0 bridgehead atoms. The van der Waals surface area contributed by atoms with E-state index in [-0.39, 0.29) is 5.69 Å². The van der Waals surface area contributed by atoms with Crippen LogP contribution in [0.4, 0.5) is 10.1 Å². The van der Waals surface area contributed by atoms with Gasteiger partial charge in [-0.3, -0.25) is 4.79 Å². The molecule has 0 radical (unpaired) electrons. The number of nitrogens with one attached hydrogen (secondary N) is 1. The highest BCUT2D eigenvalue weighted by Gasteiger charge is 2.17. The molecule has 0 saturated heterocycles. The number of anilines is 1. The Balaban J connectivity index is 1.88. The van der Waals surface area contributed by atoms with Gasteiger partial charge in [-0.25, -0.2) is 4.39 Å². The first-order chi connectivity index (χ1) is 11.4. The minimum absolute atomic E-state index is 0.172. The number of nitrogens with zero attached hydrogens (tertiary/aromatic N) is 3. The summed E-state index contributed by atoms with van der Waals surface area (Å²) in [6, 6.07) is 11.0. The maximum atomic E-state index is 13.1. The Labute approximate surface area is 150 Å². The average Bonchev–Trinajstić information content (AvgIpc) is 2.92. The normalized spacial score (nSPS) is 10.7. The second kappa shape index (κ2) is 6.70. The Bertz CT molecular complexity index is 928. The standard InChI is InChI=1S/C16H11BrClFN4O/c1-9-15(16(24)20-14-6-5-11(19)8-13(14)17)22-23(21-9)12-4-2-3-10(18)7-12/h2-8H,1H3,(H,20,24). The van der Waals surface area contributed by atoms with Crippen molar-refractivity contribution in [2.45, 2.75) is 6.92 Å². The van der Waals surface area contributed by atoms with Crippen LogP contribution in [-0.2, 0) is 0 Å². The number of carbonyl (C=O) groups is 1.